The molecule has 0 aromatic carbocycles. The SMILES string of the molecule is O=C(c1cccnc1Br)N1CCC(N2CCOCC2)C1. The Labute approximate surface area is 127 Å². The first-order chi connectivity index (χ1) is 9.75. The second-order valence-corrected chi connectivity index (χ2v) is 5.93. The van der Waals surface area contributed by atoms with Crippen molar-refractivity contribution in [1.82, 2.24) is 14.8 Å². The molecule has 3 heterocycles. The zero-order valence-corrected chi connectivity index (χ0v) is 12.9. The Balaban J connectivity index is 1.65. The van der Waals surface area contributed by atoms with Gasteiger partial charge in [-0.3, -0.25) is 9.69 Å². The van der Waals surface area contributed by atoms with Gasteiger partial charge in [-0.2, -0.15) is 0 Å². The van der Waals surface area contributed by atoms with Crippen LogP contribution in [-0.2, 0) is 4.74 Å². The number of halogens is 1. The molecule has 2 aliphatic heterocycles. The summed E-state index contributed by atoms with van der Waals surface area (Å²) in [5.41, 5.74) is 0.648. The van der Waals surface area contributed by atoms with Gasteiger partial charge < -0.3 is 9.64 Å². The number of likely N-dealkylation sites (tertiary alicyclic amines) is 1. The molecular formula is C14H18BrN3O2. The van der Waals surface area contributed by atoms with E-state index in [-0.39, 0.29) is 5.91 Å². The molecule has 1 aromatic heterocycles. The van der Waals surface area contributed by atoms with Gasteiger partial charge in [-0.1, -0.05) is 0 Å². The van der Waals surface area contributed by atoms with Crippen LogP contribution in [0.25, 0.3) is 0 Å². The number of ether oxygens (including phenoxy) is 1. The molecular weight excluding hydrogens is 322 g/mol. The normalized spacial score (nSPS) is 24.1. The van der Waals surface area contributed by atoms with Gasteiger partial charge in [0.25, 0.3) is 5.91 Å². The number of hydrogen-bond donors (Lipinski definition) is 0. The van der Waals surface area contributed by atoms with Crippen LogP contribution in [0.1, 0.15) is 16.8 Å². The lowest BCUT2D eigenvalue weighted by atomic mass is 10.2. The van der Waals surface area contributed by atoms with E-state index in [9.17, 15) is 4.79 Å². The van der Waals surface area contributed by atoms with Gasteiger partial charge >= 0.3 is 0 Å². The standard InChI is InChI=1S/C14H18BrN3O2/c15-13-12(2-1-4-16-13)14(19)18-5-3-11(10-18)17-6-8-20-9-7-17/h1-2,4,11H,3,5-10H2. The number of carbonyl (C=O) groups excluding carboxylic acids is 1. The van der Waals surface area contributed by atoms with Crippen molar-refractivity contribution >= 4 is 21.8 Å². The number of rotatable bonds is 2. The molecule has 0 spiro atoms. The first-order valence-electron chi connectivity index (χ1n) is 6.97. The molecule has 1 unspecified atom stereocenters. The van der Waals surface area contributed by atoms with Crippen molar-refractivity contribution in [3.05, 3.63) is 28.5 Å². The molecule has 6 heteroatoms. The minimum absolute atomic E-state index is 0.0701. The van der Waals surface area contributed by atoms with Crippen LogP contribution in [-0.4, -0.2) is 66.1 Å². The van der Waals surface area contributed by atoms with Gasteiger partial charge in [0.15, 0.2) is 0 Å². The van der Waals surface area contributed by atoms with E-state index in [1.807, 2.05) is 11.0 Å². The van der Waals surface area contributed by atoms with Crippen LogP contribution in [0.15, 0.2) is 22.9 Å². The smallest absolute Gasteiger partial charge is 0.256 e. The number of morpholine rings is 1. The van der Waals surface area contributed by atoms with Gasteiger partial charge in [0.1, 0.15) is 4.60 Å². The molecule has 2 saturated heterocycles. The molecule has 0 aliphatic carbocycles. The fourth-order valence-electron chi connectivity index (χ4n) is 2.88. The first-order valence-corrected chi connectivity index (χ1v) is 7.76. The van der Waals surface area contributed by atoms with Gasteiger partial charge in [-0.15, -0.1) is 0 Å². The number of aromatic nitrogens is 1. The van der Waals surface area contributed by atoms with Gasteiger partial charge in [-0.05, 0) is 34.5 Å². The Morgan fingerprint density at radius 3 is 2.90 bits per heavy atom. The fourth-order valence-corrected chi connectivity index (χ4v) is 3.30. The molecule has 108 valence electrons. The summed E-state index contributed by atoms with van der Waals surface area (Å²) in [6, 6.07) is 4.09. The average Bonchev–Trinajstić information content (AvgIpc) is 2.98. The molecule has 2 aliphatic rings. The fraction of sp³-hybridized carbons (Fsp3) is 0.571. The van der Waals surface area contributed by atoms with Crippen molar-refractivity contribution in [3.63, 3.8) is 0 Å². The highest BCUT2D eigenvalue weighted by molar-refractivity contribution is 9.10. The maximum atomic E-state index is 12.5. The predicted octanol–water partition coefficient (Wildman–Crippen LogP) is 1.39. The van der Waals surface area contributed by atoms with E-state index in [4.69, 9.17) is 4.74 Å². The van der Waals surface area contributed by atoms with Crippen molar-refractivity contribution in [2.75, 3.05) is 39.4 Å². The topological polar surface area (TPSA) is 45.7 Å². The molecule has 2 fully saturated rings. The van der Waals surface area contributed by atoms with Gasteiger partial charge in [-0.25, -0.2) is 4.98 Å². The molecule has 20 heavy (non-hydrogen) atoms. The molecule has 0 saturated carbocycles. The molecule has 3 rings (SSSR count). The summed E-state index contributed by atoms with van der Waals surface area (Å²) < 4.78 is 6.01. The third-order valence-corrected chi connectivity index (χ3v) is 4.63. The lowest BCUT2D eigenvalue weighted by Crippen LogP contribution is -2.45. The molecule has 1 amide bonds. The molecule has 0 N–H and O–H groups in total. The monoisotopic (exact) mass is 339 g/mol. The average molecular weight is 340 g/mol. The van der Waals surface area contributed by atoms with Crippen LogP contribution in [0.3, 0.4) is 0 Å². The lowest BCUT2D eigenvalue weighted by molar-refractivity contribution is 0.0185. The Morgan fingerprint density at radius 2 is 2.15 bits per heavy atom. The number of hydrogen-bond acceptors (Lipinski definition) is 4. The first kappa shape index (κ1) is 14.0. The van der Waals surface area contributed by atoms with Crippen LogP contribution < -0.4 is 0 Å². The van der Waals surface area contributed by atoms with E-state index in [0.717, 1.165) is 45.8 Å². The van der Waals surface area contributed by atoms with Gasteiger partial charge in [0.2, 0.25) is 0 Å². The zero-order valence-electron chi connectivity index (χ0n) is 11.3. The second kappa shape index (κ2) is 6.20. The number of carbonyl (C=O) groups is 1. The maximum absolute atomic E-state index is 12.5. The molecule has 1 atom stereocenters. The van der Waals surface area contributed by atoms with E-state index >= 15 is 0 Å². The summed E-state index contributed by atoms with van der Waals surface area (Å²) >= 11 is 3.35. The number of amides is 1. The van der Waals surface area contributed by atoms with Crippen molar-refractivity contribution in [2.24, 2.45) is 0 Å². The zero-order chi connectivity index (χ0) is 13.9. The van der Waals surface area contributed by atoms with Crippen LogP contribution in [0.4, 0.5) is 0 Å². The van der Waals surface area contributed by atoms with E-state index < -0.39 is 0 Å². The molecule has 0 radical (unpaired) electrons. The highest BCUT2D eigenvalue weighted by Gasteiger charge is 2.32. The Kier molecular flexibility index (Phi) is 4.33. The van der Waals surface area contributed by atoms with Crippen molar-refractivity contribution in [3.8, 4) is 0 Å². The van der Waals surface area contributed by atoms with E-state index in [1.165, 1.54) is 0 Å². The summed E-state index contributed by atoms with van der Waals surface area (Å²) in [6.07, 6.45) is 2.73. The quantitative estimate of drug-likeness (QED) is 0.764. The van der Waals surface area contributed by atoms with Gasteiger partial charge in [0.05, 0.1) is 18.8 Å². The third-order valence-electron chi connectivity index (χ3n) is 4.00. The van der Waals surface area contributed by atoms with E-state index in [2.05, 4.69) is 25.8 Å². The minimum Gasteiger partial charge on any atom is -0.379 e. The van der Waals surface area contributed by atoms with Gasteiger partial charge in [0, 0.05) is 38.4 Å². The summed E-state index contributed by atoms with van der Waals surface area (Å²) in [7, 11) is 0. The largest absolute Gasteiger partial charge is 0.379 e. The molecule has 0 bridgehead atoms. The number of nitrogens with zero attached hydrogens (tertiary/aromatic N) is 3. The Morgan fingerprint density at radius 1 is 1.35 bits per heavy atom. The van der Waals surface area contributed by atoms with Crippen molar-refractivity contribution in [2.45, 2.75) is 12.5 Å². The highest BCUT2D eigenvalue weighted by Crippen LogP contribution is 2.21. The van der Waals surface area contributed by atoms with Crippen LogP contribution >= 0.6 is 15.9 Å². The minimum atomic E-state index is 0.0701. The van der Waals surface area contributed by atoms with E-state index in [0.29, 0.717) is 16.2 Å². The lowest BCUT2D eigenvalue weighted by Gasteiger charge is -2.32. The van der Waals surface area contributed by atoms with Crippen molar-refractivity contribution in [1.29, 1.82) is 0 Å². The predicted molar refractivity (Wildman–Crippen MR) is 78.6 cm³/mol. The summed E-state index contributed by atoms with van der Waals surface area (Å²) in [5.74, 6) is 0.0701. The Bertz CT molecular complexity index is 491. The Hall–Kier alpha value is -0.980. The highest BCUT2D eigenvalue weighted by atomic mass is 79.9. The molecule has 5 nitrogen and oxygen atoms in total. The third kappa shape index (κ3) is 2.87. The maximum Gasteiger partial charge on any atom is 0.256 e. The van der Waals surface area contributed by atoms with Crippen molar-refractivity contribution < 1.29 is 9.53 Å². The van der Waals surface area contributed by atoms with Crippen LogP contribution in [0.2, 0.25) is 0 Å². The second-order valence-electron chi connectivity index (χ2n) is 5.18. The van der Waals surface area contributed by atoms with Crippen LogP contribution in [0.5, 0.6) is 0 Å². The van der Waals surface area contributed by atoms with Crippen LogP contribution in [0, 0.1) is 0 Å². The van der Waals surface area contributed by atoms with E-state index in [1.54, 1.807) is 12.3 Å². The summed E-state index contributed by atoms with van der Waals surface area (Å²) in [4.78, 5) is 21.0. The number of pyridine rings is 1. The molecule has 1 aromatic rings. The summed E-state index contributed by atoms with van der Waals surface area (Å²) in [6.45, 7) is 5.19. The summed E-state index contributed by atoms with van der Waals surface area (Å²) in [5, 5.41) is 0.